The molecule has 2 N–H and O–H groups in total. The fraction of sp³-hybridized carbons (Fsp3) is 0.353. The predicted molar refractivity (Wildman–Crippen MR) is 91.8 cm³/mol. The zero-order chi connectivity index (χ0) is 17.7. The summed E-state index contributed by atoms with van der Waals surface area (Å²) in [6.07, 6.45) is 0.569. The lowest BCUT2D eigenvalue weighted by molar-refractivity contribution is -0.128. The fourth-order valence-corrected chi connectivity index (χ4v) is 2.27. The van der Waals surface area contributed by atoms with Crippen molar-refractivity contribution in [2.45, 2.75) is 33.2 Å². The van der Waals surface area contributed by atoms with Crippen LogP contribution in [0.4, 0.5) is 5.82 Å². The molecule has 0 saturated carbocycles. The summed E-state index contributed by atoms with van der Waals surface area (Å²) in [5.74, 6) is 0.112. The molecule has 7 heteroatoms. The Hall–Kier alpha value is -2.34. The summed E-state index contributed by atoms with van der Waals surface area (Å²) >= 11 is 5.85. The van der Waals surface area contributed by atoms with Gasteiger partial charge in [-0.25, -0.2) is 0 Å². The molecule has 24 heavy (non-hydrogen) atoms. The number of amides is 2. The third-order valence-electron chi connectivity index (χ3n) is 3.53. The molecule has 0 spiro atoms. The van der Waals surface area contributed by atoms with E-state index in [2.05, 4.69) is 15.8 Å². The molecule has 2 aromatic rings. The summed E-state index contributed by atoms with van der Waals surface area (Å²) < 4.78 is 4.88. The quantitative estimate of drug-likeness (QED) is 0.839. The smallest absolute Gasteiger partial charge is 0.247 e. The number of hydrogen-bond donors (Lipinski definition) is 2. The number of benzene rings is 1. The molecule has 0 saturated heterocycles. The van der Waals surface area contributed by atoms with Gasteiger partial charge in [-0.2, -0.15) is 0 Å². The molecule has 6 nitrogen and oxygen atoms in total. The summed E-state index contributed by atoms with van der Waals surface area (Å²) in [6.45, 7) is 5.16. The van der Waals surface area contributed by atoms with Gasteiger partial charge in [-0.15, -0.1) is 0 Å². The van der Waals surface area contributed by atoms with Crippen LogP contribution < -0.4 is 10.6 Å². The highest BCUT2D eigenvalue weighted by Gasteiger charge is 2.20. The van der Waals surface area contributed by atoms with E-state index >= 15 is 0 Å². The summed E-state index contributed by atoms with van der Waals surface area (Å²) in [4.78, 5) is 24.3. The van der Waals surface area contributed by atoms with Gasteiger partial charge in [-0.1, -0.05) is 35.8 Å². The van der Waals surface area contributed by atoms with E-state index < -0.39 is 6.04 Å². The monoisotopic (exact) mass is 349 g/mol. The first kappa shape index (κ1) is 18.0. The molecular formula is C17H20ClN3O3. The van der Waals surface area contributed by atoms with E-state index in [1.54, 1.807) is 32.0 Å². The SMILES string of the molecule is Cc1cc(NC(=O)[C@H](C)NC(=O)C(C)Cc2ccc(Cl)cc2)no1. The molecule has 2 atom stereocenters. The maximum absolute atomic E-state index is 12.2. The molecule has 128 valence electrons. The van der Waals surface area contributed by atoms with Crippen LogP contribution >= 0.6 is 11.6 Å². The number of nitrogens with zero attached hydrogens (tertiary/aromatic N) is 1. The highest BCUT2D eigenvalue weighted by molar-refractivity contribution is 6.30. The fourth-order valence-electron chi connectivity index (χ4n) is 2.15. The molecule has 0 aliphatic rings. The molecular weight excluding hydrogens is 330 g/mol. The minimum Gasteiger partial charge on any atom is -0.360 e. The minimum atomic E-state index is -0.679. The van der Waals surface area contributed by atoms with Crippen molar-refractivity contribution in [3.05, 3.63) is 46.7 Å². The number of aryl methyl sites for hydroxylation is 1. The number of aromatic nitrogens is 1. The van der Waals surface area contributed by atoms with Crippen LogP contribution in [-0.2, 0) is 16.0 Å². The number of carbonyl (C=O) groups excluding carboxylic acids is 2. The van der Waals surface area contributed by atoms with Crippen molar-refractivity contribution in [1.82, 2.24) is 10.5 Å². The zero-order valence-corrected chi connectivity index (χ0v) is 14.6. The number of rotatable bonds is 6. The number of carbonyl (C=O) groups is 2. The van der Waals surface area contributed by atoms with E-state index in [-0.39, 0.29) is 17.7 Å². The van der Waals surface area contributed by atoms with Crippen LogP contribution in [0.2, 0.25) is 5.02 Å². The van der Waals surface area contributed by atoms with Gasteiger partial charge >= 0.3 is 0 Å². The Balaban J connectivity index is 1.85. The van der Waals surface area contributed by atoms with Crippen LogP contribution in [0.15, 0.2) is 34.9 Å². The molecule has 0 aliphatic heterocycles. The van der Waals surface area contributed by atoms with Crippen LogP contribution in [0.5, 0.6) is 0 Å². The van der Waals surface area contributed by atoms with Gasteiger partial charge < -0.3 is 15.2 Å². The van der Waals surface area contributed by atoms with E-state index in [0.717, 1.165) is 5.56 Å². The van der Waals surface area contributed by atoms with Crippen LogP contribution in [0, 0.1) is 12.8 Å². The Morgan fingerprint density at radius 2 is 1.88 bits per heavy atom. The van der Waals surface area contributed by atoms with E-state index in [0.29, 0.717) is 23.0 Å². The maximum atomic E-state index is 12.2. The minimum absolute atomic E-state index is 0.191. The van der Waals surface area contributed by atoms with Gasteiger partial charge in [-0.3, -0.25) is 9.59 Å². The van der Waals surface area contributed by atoms with Crippen molar-refractivity contribution >= 4 is 29.2 Å². The predicted octanol–water partition coefficient (Wildman–Crippen LogP) is 2.96. The third kappa shape index (κ3) is 5.09. The van der Waals surface area contributed by atoms with Crippen molar-refractivity contribution in [2.75, 3.05) is 5.32 Å². The lowest BCUT2D eigenvalue weighted by atomic mass is 10.00. The van der Waals surface area contributed by atoms with Crippen LogP contribution in [0.25, 0.3) is 0 Å². The normalized spacial score (nSPS) is 13.2. The Morgan fingerprint density at radius 1 is 1.21 bits per heavy atom. The largest absolute Gasteiger partial charge is 0.360 e. The first-order valence-corrected chi connectivity index (χ1v) is 8.02. The van der Waals surface area contributed by atoms with Crippen molar-refractivity contribution in [2.24, 2.45) is 5.92 Å². The number of nitrogens with one attached hydrogen (secondary N) is 2. The molecule has 2 amide bonds. The van der Waals surface area contributed by atoms with Crippen LogP contribution in [0.1, 0.15) is 25.2 Å². The highest BCUT2D eigenvalue weighted by atomic mass is 35.5. The van der Waals surface area contributed by atoms with Gasteiger partial charge in [0.15, 0.2) is 5.82 Å². The van der Waals surface area contributed by atoms with Gasteiger partial charge in [0.2, 0.25) is 11.8 Å². The first-order valence-electron chi connectivity index (χ1n) is 7.64. The van der Waals surface area contributed by atoms with E-state index in [9.17, 15) is 9.59 Å². The molecule has 1 heterocycles. The molecule has 0 radical (unpaired) electrons. The van der Waals surface area contributed by atoms with Crippen molar-refractivity contribution in [1.29, 1.82) is 0 Å². The molecule has 2 rings (SSSR count). The second-order valence-electron chi connectivity index (χ2n) is 5.77. The Kier molecular flexibility index (Phi) is 5.98. The number of hydrogen-bond acceptors (Lipinski definition) is 4. The summed E-state index contributed by atoms with van der Waals surface area (Å²) in [5, 5.41) is 9.63. The van der Waals surface area contributed by atoms with Crippen molar-refractivity contribution < 1.29 is 14.1 Å². The van der Waals surface area contributed by atoms with Gasteiger partial charge in [0.05, 0.1) is 0 Å². The summed E-state index contributed by atoms with van der Waals surface area (Å²) in [7, 11) is 0. The average Bonchev–Trinajstić information content (AvgIpc) is 2.94. The number of halogens is 1. The molecule has 1 unspecified atom stereocenters. The maximum Gasteiger partial charge on any atom is 0.247 e. The Labute approximate surface area is 145 Å². The second kappa shape index (κ2) is 7.97. The third-order valence-corrected chi connectivity index (χ3v) is 3.79. The van der Waals surface area contributed by atoms with Crippen molar-refractivity contribution in [3.8, 4) is 0 Å². The standard InChI is InChI=1S/C17H20ClN3O3/c1-10(8-13-4-6-14(18)7-5-13)16(22)19-12(3)17(23)20-15-9-11(2)24-21-15/h4-7,9-10,12H,8H2,1-3H3,(H,19,22)(H,20,21,23)/t10?,12-/m0/s1. The van der Waals surface area contributed by atoms with E-state index in [1.165, 1.54) is 0 Å². The van der Waals surface area contributed by atoms with Crippen molar-refractivity contribution in [3.63, 3.8) is 0 Å². The Bertz CT molecular complexity index is 712. The van der Waals surface area contributed by atoms with E-state index in [4.69, 9.17) is 16.1 Å². The number of anilines is 1. The van der Waals surface area contributed by atoms with Gasteiger partial charge in [0.25, 0.3) is 0 Å². The summed E-state index contributed by atoms with van der Waals surface area (Å²) in [5.41, 5.74) is 1.01. The van der Waals surface area contributed by atoms with Crippen LogP contribution in [0.3, 0.4) is 0 Å². The summed E-state index contributed by atoms with van der Waals surface area (Å²) in [6, 6.07) is 8.27. The zero-order valence-electron chi connectivity index (χ0n) is 13.8. The lowest BCUT2D eigenvalue weighted by Gasteiger charge is -2.17. The first-order chi connectivity index (χ1) is 11.3. The van der Waals surface area contributed by atoms with Gasteiger partial charge in [0, 0.05) is 17.0 Å². The molecule has 0 fully saturated rings. The van der Waals surface area contributed by atoms with E-state index in [1.807, 2.05) is 19.1 Å². The molecule has 0 bridgehead atoms. The van der Waals surface area contributed by atoms with Crippen LogP contribution in [-0.4, -0.2) is 23.0 Å². The second-order valence-corrected chi connectivity index (χ2v) is 6.21. The Morgan fingerprint density at radius 3 is 2.46 bits per heavy atom. The lowest BCUT2D eigenvalue weighted by Crippen LogP contribution is -2.44. The molecule has 0 aliphatic carbocycles. The average molecular weight is 350 g/mol. The van der Waals surface area contributed by atoms with Gasteiger partial charge in [0.1, 0.15) is 11.8 Å². The topological polar surface area (TPSA) is 84.2 Å². The molecule has 1 aromatic carbocycles. The molecule has 1 aromatic heterocycles. The van der Waals surface area contributed by atoms with Gasteiger partial charge in [-0.05, 0) is 38.0 Å². The highest BCUT2D eigenvalue weighted by Crippen LogP contribution is 2.14.